The SMILES string of the molecule is COc1ccccc1-c1noc2ncnc(NCCCOC(C)C)c12. The third kappa shape index (κ3) is 3.88. The van der Waals surface area contributed by atoms with Crippen molar-refractivity contribution in [2.24, 2.45) is 0 Å². The maximum absolute atomic E-state index is 5.56. The van der Waals surface area contributed by atoms with E-state index >= 15 is 0 Å². The lowest BCUT2D eigenvalue weighted by Gasteiger charge is -2.10. The first-order valence-corrected chi connectivity index (χ1v) is 8.30. The second-order valence-electron chi connectivity index (χ2n) is 5.83. The minimum absolute atomic E-state index is 0.237. The average molecular weight is 342 g/mol. The first kappa shape index (κ1) is 17.2. The van der Waals surface area contributed by atoms with E-state index in [1.165, 1.54) is 6.33 Å². The quantitative estimate of drug-likeness (QED) is 0.627. The van der Waals surface area contributed by atoms with Crippen LogP contribution in [-0.4, -0.2) is 41.5 Å². The molecule has 2 heterocycles. The molecule has 0 atom stereocenters. The number of nitrogens with zero attached hydrogens (tertiary/aromatic N) is 3. The van der Waals surface area contributed by atoms with Crippen molar-refractivity contribution in [3.8, 4) is 17.0 Å². The second kappa shape index (κ2) is 7.94. The molecule has 0 radical (unpaired) electrons. The van der Waals surface area contributed by atoms with Gasteiger partial charge >= 0.3 is 0 Å². The Morgan fingerprint density at radius 3 is 2.84 bits per heavy atom. The predicted molar refractivity (Wildman–Crippen MR) is 95.8 cm³/mol. The number of para-hydroxylation sites is 1. The van der Waals surface area contributed by atoms with Gasteiger partial charge in [0.2, 0.25) is 0 Å². The number of hydrogen-bond donors (Lipinski definition) is 1. The Hall–Kier alpha value is -2.67. The summed E-state index contributed by atoms with van der Waals surface area (Å²) in [6.45, 7) is 5.48. The highest BCUT2D eigenvalue weighted by Gasteiger charge is 2.19. The molecule has 7 heteroatoms. The van der Waals surface area contributed by atoms with Gasteiger partial charge in [0.05, 0.1) is 13.2 Å². The van der Waals surface area contributed by atoms with Crippen molar-refractivity contribution in [3.05, 3.63) is 30.6 Å². The van der Waals surface area contributed by atoms with Gasteiger partial charge in [-0.15, -0.1) is 0 Å². The molecule has 2 aromatic heterocycles. The van der Waals surface area contributed by atoms with Crippen LogP contribution in [0.4, 0.5) is 5.82 Å². The summed E-state index contributed by atoms with van der Waals surface area (Å²) in [6.07, 6.45) is 2.58. The topological polar surface area (TPSA) is 82.3 Å². The van der Waals surface area contributed by atoms with E-state index in [0.29, 0.717) is 23.8 Å². The molecule has 0 bridgehead atoms. The fraction of sp³-hybridized carbons (Fsp3) is 0.389. The number of benzene rings is 1. The Morgan fingerprint density at radius 1 is 1.20 bits per heavy atom. The number of fused-ring (bicyclic) bond motifs is 1. The summed E-state index contributed by atoms with van der Waals surface area (Å²) in [4.78, 5) is 8.52. The van der Waals surface area contributed by atoms with Gasteiger partial charge in [-0.05, 0) is 32.4 Å². The molecule has 0 spiro atoms. The van der Waals surface area contributed by atoms with E-state index in [9.17, 15) is 0 Å². The molecular weight excluding hydrogens is 320 g/mol. The highest BCUT2D eigenvalue weighted by Crippen LogP contribution is 2.36. The van der Waals surface area contributed by atoms with E-state index in [0.717, 1.165) is 29.7 Å². The zero-order chi connectivity index (χ0) is 17.6. The average Bonchev–Trinajstić information content (AvgIpc) is 3.06. The molecule has 1 N–H and O–H groups in total. The van der Waals surface area contributed by atoms with Crippen molar-refractivity contribution in [2.75, 3.05) is 25.6 Å². The van der Waals surface area contributed by atoms with Gasteiger partial charge in [-0.3, -0.25) is 0 Å². The molecule has 0 saturated heterocycles. The normalized spacial score (nSPS) is 11.2. The summed E-state index contributed by atoms with van der Waals surface area (Å²) in [5.74, 6) is 1.41. The van der Waals surface area contributed by atoms with Crippen molar-refractivity contribution >= 4 is 16.9 Å². The Balaban J connectivity index is 1.86. The minimum atomic E-state index is 0.237. The smallest absolute Gasteiger partial charge is 0.263 e. The van der Waals surface area contributed by atoms with E-state index in [-0.39, 0.29) is 6.10 Å². The van der Waals surface area contributed by atoms with Crippen LogP contribution in [0.25, 0.3) is 22.4 Å². The van der Waals surface area contributed by atoms with Gasteiger partial charge < -0.3 is 19.3 Å². The van der Waals surface area contributed by atoms with E-state index in [2.05, 4.69) is 20.4 Å². The summed E-state index contributed by atoms with van der Waals surface area (Å²) in [6, 6.07) is 7.66. The summed E-state index contributed by atoms with van der Waals surface area (Å²) in [7, 11) is 1.63. The largest absolute Gasteiger partial charge is 0.496 e. The third-order valence-corrected chi connectivity index (χ3v) is 3.70. The van der Waals surface area contributed by atoms with Gasteiger partial charge in [0.15, 0.2) is 0 Å². The van der Waals surface area contributed by atoms with E-state index in [1.54, 1.807) is 7.11 Å². The van der Waals surface area contributed by atoms with Crippen molar-refractivity contribution in [3.63, 3.8) is 0 Å². The number of aromatic nitrogens is 3. The van der Waals surface area contributed by atoms with E-state index in [4.69, 9.17) is 14.0 Å². The van der Waals surface area contributed by atoms with Crippen LogP contribution < -0.4 is 10.1 Å². The fourth-order valence-electron chi connectivity index (χ4n) is 2.54. The lowest BCUT2D eigenvalue weighted by Crippen LogP contribution is -2.10. The molecule has 132 valence electrons. The minimum Gasteiger partial charge on any atom is -0.496 e. The van der Waals surface area contributed by atoms with Crippen molar-refractivity contribution in [1.82, 2.24) is 15.1 Å². The highest BCUT2D eigenvalue weighted by molar-refractivity contribution is 5.98. The molecule has 3 rings (SSSR count). The van der Waals surface area contributed by atoms with Crippen LogP contribution >= 0.6 is 0 Å². The van der Waals surface area contributed by atoms with Crippen molar-refractivity contribution in [2.45, 2.75) is 26.4 Å². The molecule has 0 fully saturated rings. The molecule has 25 heavy (non-hydrogen) atoms. The van der Waals surface area contributed by atoms with Crippen LogP contribution in [-0.2, 0) is 4.74 Å². The summed E-state index contributed by atoms with van der Waals surface area (Å²) < 4.78 is 16.4. The zero-order valence-corrected chi connectivity index (χ0v) is 14.7. The van der Waals surface area contributed by atoms with E-state index in [1.807, 2.05) is 38.1 Å². The lowest BCUT2D eigenvalue weighted by molar-refractivity contribution is 0.0787. The van der Waals surface area contributed by atoms with Gasteiger partial charge in [0.25, 0.3) is 5.71 Å². The molecule has 0 amide bonds. The van der Waals surface area contributed by atoms with Gasteiger partial charge in [0.1, 0.15) is 29.0 Å². The number of anilines is 1. The van der Waals surface area contributed by atoms with Crippen LogP contribution in [0.15, 0.2) is 35.1 Å². The second-order valence-corrected chi connectivity index (χ2v) is 5.83. The molecule has 0 aliphatic carbocycles. The zero-order valence-electron chi connectivity index (χ0n) is 14.7. The maximum Gasteiger partial charge on any atom is 0.263 e. The number of nitrogens with one attached hydrogen (secondary N) is 1. The Kier molecular flexibility index (Phi) is 5.45. The highest BCUT2D eigenvalue weighted by atomic mass is 16.5. The molecular formula is C18H22N4O3. The van der Waals surface area contributed by atoms with Crippen molar-refractivity contribution in [1.29, 1.82) is 0 Å². The van der Waals surface area contributed by atoms with Gasteiger partial charge in [-0.1, -0.05) is 17.3 Å². The predicted octanol–water partition coefficient (Wildman–Crippen LogP) is 3.52. The third-order valence-electron chi connectivity index (χ3n) is 3.70. The Labute approximate surface area is 146 Å². The fourth-order valence-corrected chi connectivity index (χ4v) is 2.54. The Morgan fingerprint density at radius 2 is 2.04 bits per heavy atom. The summed E-state index contributed by atoms with van der Waals surface area (Å²) >= 11 is 0. The van der Waals surface area contributed by atoms with Gasteiger partial charge in [-0.2, -0.15) is 4.98 Å². The van der Waals surface area contributed by atoms with Gasteiger partial charge in [0, 0.05) is 18.7 Å². The summed E-state index contributed by atoms with van der Waals surface area (Å²) in [5, 5.41) is 8.25. The molecule has 3 aromatic rings. The molecule has 0 unspecified atom stereocenters. The van der Waals surface area contributed by atoms with E-state index < -0.39 is 0 Å². The Bertz CT molecular complexity index is 832. The first-order valence-electron chi connectivity index (χ1n) is 8.30. The van der Waals surface area contributed by atoms with Crippen LogP contribution in [0.3, 0.4) is 0 Å². The van der Waals surface area contributed by atoms with Crippen LogP contribution in [0.5, 0.6) is 5.75 Å². The van der Waals surface area contributed by atoms with Crippen LogP contribution in [0.1, 0.15) is 20.3 Å². The lowest BCUT2D eigenvalue weighted by atomic mass is 10.1. The molecule has 0 aliphatic heterocycles. The summed E-state index contributed by atoms with van der Waals surface area (Å²) in [5.41, 5.74) is 1.94. The van der Waals surface area contributed by atoms with Crippen molar-refractivity contribution < 1.29 is 14.0 Å². The number of methoxy groups -OCH3 is 1. The van der Waals surface area contributed by atoms with Crippen LogP contribution in [0.2, 0.25) is 0 Å². The van der Waals surface area contributed by atoms with Gasteiger partial charge in [-0.25, -0.2) is 4.98 Å². The maximum atomic E-state index is 5.56. The monoisotopic (exact) mass is 342 g/mol. The first-order chi connectivity index (χ1) is 12.2. The molecule has 7 nitrogen and oxygen atoms in total. The molecule has 0 aliphatic rings. The number of ether oxygens (including phenoxy) is 2. The molecule has 1 aromatic carbocycles. The number of rotatable bonds is 8. The van der Waals surface area contributed by atoms with Crippen LogP contribution in [0, 0.1) is 0 Å². The standard InChI is InChI=1S/C18H22N4O3/c1-12(2)24-10-6-9-19-17-15-16(22-25-18(15)21-11-20-17)13-7-4-5-8-14(13)23-3/h4-5,7-8,11-12H,6,9-10H2,1-3H3,(H,19,20,21). The number of hydrogen-bond acceptors (Lipinski definition) is 7. The molecule has 0 saturated carbocycles.